The Kier molecular flexibility index (Phi) is 7.23. The van der Waals surface area contributed by atoms with Gasteiger partial charge in [0.25, 0.3) is 0 Å². The highest BCUT2D eigenvalue weighted by Gasteiger charge is 2.10. The minimum Gasteiger partial charge on any atom is -0.493 e. The average molecular weight is 292 g/mol. The van der Waals surface area contributed by atoms with Gasteiger partial charge in [-0.05, 0) is 37.5 Å². The Morgan fingerprint density at radius 3 is 2.38 bits per heavy atom. The van der Waals surface area contributed by atoms with Gasteiger partial charge in [-0.2, -0.15) is 0 Å². The molecule has 0 saturated carbocycles. The van der Waals surface area contributed by atoms with Gasteiger partial charge in [0.15, 0.2) is 0 Å². The van der Waals surface area contributed by atoms with Gasteiger partial charge in [-0.3, -0.25) is 4.79 Å². The van der Waals surface area contributed by atoms with Crippen LogP contribution in [0.4, 0.5) is 0 Å². The van der Waals surface area contributed by atoms with Crippen LogP contribution in [0.5, 0.6) is 5.75 Å². The number of likely N-dealkylation sites (N-methyl/N-ethyl adjacent to an activating group) is 1. The van der Waals surface area contributed by atoms with E-state index in [1.165, 1.54) is 0 Å². The molecule has 0 aromatic heterocycles. The molecule has 0 fully saturated rings. The van der Waals surface area contributed by atoms with Gasteiger partial charge in [0.2, 0.25) is 5.91 Å². The second-order valence-electron chi connectivity index (χ2n) is 5.78. The van der Waals surface area contributed by atoms with Gasteiger partial charge >= 0.3 is 0 Å². The number of ether oxygens (including phenoxy) is 1. The second kappa shape index (κ2) is 8.67. The van der Waals surface area contributed by atoms with Gasteiger partial charge < -0.3 is 15.0 Å². The van der Waals surface area contributed by atoms with Gasteiger partial charge in [-0.25, -0.2) is 0 Å². The summed E-state index contributed by atoms with van der Waals surface area (Å²) in [4.78, 5) is 13.5. The lowest BCUT2D eigenvalue weighted by atomic mass is 10.1. The predicted molar refractivity (Wildman–Crippen MR) is 86.5 cm³/mol. The minimum absolute atomic E-state index is 0.112. The topological polar surface area (TPSA) is 41.6 Å². The van der Waals surface area contributed by atoms with E-state index in [1.807, 2.05) is 38.2 Å². The van der Waals surface area contributed by atoms with Crippen LogP contribution in [0.3, 0.4) is 0 Å². The largest absolute Gasteiger partial charge is 0.493 e. The van der Waals surface area contributed by atoms with Crippen molar-refractivity contribution in [3.63, 3.8) is 0 Å². The van der Waals surface area contributed by atoms with Gasteiger partial charge in [0, 0.05) is 19.6 Å². The fourth-order valence-corrected chi connectivity index (χ4v) is 1.79. The van der Waals surface area contributed by atoms with Crippen molar-refractivity contribution in [3.05, 3.63) is 29.8 Å². The number of nitrogens with one attached hydrogen (secondary N) is 1. The number of rotatable bonds is 8. The normalized spacial score (nSPS) is 12.3. The number of nitrogens with zero attached hydrogens (tertiary/aromatic N) is 1. The third-order valence-electron chi connectivity index (χ3n) is 3.42. The minimum atomic E-state index is 0.112. The average Bonchev–Trinajstić information content (AvgIpc) is 2.49. The fourth-order valence-electron chi connectivity index (χ4n) is 1.79. The molecule has 0 heterocycles. The summed E-state index contributed by atoms with van der Waals surface area (Å²) in [5, 5.41) is 3.25. The number of carbonyl (C=O) groups is 1. The van der Waals surface area contributed by atoms with Crippen molar-refractivity contribution in [1.29, 1.82) is 0 Å². The summed E-state index contributed by atoms with van der Waals surface area (Å²) in [6.45, 7) is 10.1. The van der Waals surface area contributed by atoms with Crippen LogP contribution in [-0.4, -0.2) is 37.6 Å². The molecule has 0 aliphatic heterocycles. The van der Waals surface area contributed by atoms with Gasteiger partial charge in [0.1, 0.15) is 5.75 Å². The zero-order valence-electron chi connectivity index (χ0n) is 13.8. The third-order valence-corrected chi connectivity index (χ3v) is 3.42. The summed E-state index contributed by atoms with van der Waals surface area (Å²) in [6, 6.07) is 8.19. The molecule has 0 bridgehead atoms. The molecule has 4 nitrogen and oxygen atoms in total. The van der Waals surface area contributed by atoms with Crippen molar-refractivity contribution in [2.45, 2.75) is 33.7 Å². The van der Waals surface area contributed by atoms with Crippen molar-refractivity contribution < 1.29 is 9.53 Å². The van der Waals surface area contributed by atoms with Crippen molar-refractivity contribution >= 4 is 5.91 Å². The maximum atomic E-state index is 11.8. The molecule has 0 aliphatic carbocycles. The summed E-state index contributed by atoms with van der Waals surface area (Å²) in [7, 11) is 1.82. The Balaban J connectivity index is 2.47. The molecule has 1 unspecified atom stereocenters. The molecular formula is C17H28N2O2. The molecule has 4 heteroatoms. The maximum absolute atomic E-state index is 11.8. The van der Waals surface area contributed by atoms with Crippen LogP contribution in [0.15, 0.2) is 24.3 Å². The van der Waals surface area contributed by atoms with E-state index in [2.05, 4.69) is 26.1 Å². The molecule has 1 N–H and O–H groups in total. The van der Waals surface area contributed by atoms with Crippen molar-refractivity contribution in [2.75, 3.05) is 26.7 Å². The highest BCUT2D eigenvalue weighted by atomic mass is 16.5. The first-order valence-electron chi connectivity index (χ1n) is 7.64. The van der Waals surface area contributed by atoms with E-state index in [4.69, 9.17) is 4.74 Å². The number of hydrogen-bond acceptors (Lipinski definition) is 3. The Bertz CT molecular complexity index is 429. The van der Waals surface area contributed by atoms with Gasteiger partial charge in [0.05, 0.1) is 13.2 Å². The lowest BCUT2D eigenvalue weighted by molar-refractivity contribution is -0.128. The summed E-state index contributed by atoms with van der Waals surface area (Å²) in [5.74, 6) is 1.52. The van der Waals surface area contributed by atoms with Crippen LogP contribution < -0.4 is 10.1 Å². The first-order valence-corrected chi connectivity index (χ1v) is 7.64. The highest BCUT2D eigenvalue weighted by Crippen LogP contribution is 2.18. The molecule has 1 atom stereocenters. The monoisotopic (exact) mass is 292 g/mol. The van der Waals surface area contributed by atoms with Crippen molar-refractivity contribution in [1.82, 2.24) is 10.2 Å². The van der Waals surface area contributed by atoms with E-state index in [9.17, 15) is 4.79 Å². The Labute approximate surface area is 128 Å². The van der Waals surface area contributed by atoms with E-state index < -0.39 is 0 Å². The molecule has 118 valence electrons. The number of hydrogen-bond donors (Lipinski definition) is 1. The van der Waals surface area contributed by atoms with Crippen molar-refractivity contribution in [3.8, 4) is 5.75 Å². The van der Waals surface area contributed by atoms with E-state index in [1.54, 1.807) is 4.90 Å². The summed E-state index contributed by atoms with van der Waals surface area (Å²) in [5.41, 5.74) is 1.15. The molecule has 0 spiro atoms. The zero-order valence-corrected chi connectivity index (χ0v) is 13.8. The number of carbonyl (C=O) groups excluding carboxylic acids is 1. The molecule has 1 aromatic rings. The van der Waals surface area contributed by atoms with E-state index in [-0.39, 0.29) is 11.9 Å². The summed E-state index contributed by atoms with van der Waals surface area (Å²) < 4.78 is 5.67. The van der Waals surface area contributed by atoms with Gasteiger partial charge in [-0.1, -0.05) is 26.0 Å². The third kappa shape index (κ3) is 6.17. The molecular weight excluding hydrogens is 264 g/mol. The molecule has 0 saturated heterocycles. The lowest BCUT2D eigenvalue weighted by Gasteiger charge is -2.18. The van der Waals surface area contributed by atoms with E-state index >= 15 is 0 Å². The van der Waals surface area contributed by atoms with Gasteiger partial charge in [-0.15, -0.1) is 0 Å². The van der Waals surface area contributed by atoms with Crippen LogP contribution in [0.25, 0.3) is 0 Å². The quantitative estimate of drug-likeness (QED) is 0.801. The van der Waals surface area contributed by atoms with E-state index in [0.29, 0.717) is 12.5 Å². The number of amides is 1. The summed E-state index contributed by atoms with van der Waals surface area (Å²) >= 11 is 0. The standard InChI is InChI=1S/C17H28N2O2/c1-6-19(5)17(20)11-18-14(4)15-7-9-16(10-8-15)21-12-13(2)3/h7-10,13-14,18H,6,11-12H2,1-5H3. The first-order chi connectivity index (χ1) is 9.93. The first kappa shape index (κ1) is 17.5. The Morgan fingerprint density at radius 1 is 1.24 bits per heavy atom. The maximum Gasteiger partial charge on any atom is 0.236 e. The van der Waals surface area contributed by atoms with Crippen molar-refractivity contribution in [2.24, 2.45) is 5.92 Å². The fraction of sp³-hybridized carbons (Fsp3) is 0.588. The summed E-state index contributed by atoms with van der Waals surface area (Å²) in [6.07, 6.45) is 0. The van der Waals surface area contributed by atoms with Crippen LogP contribution in [0, 0.1) is 5.92 Å². The molecule has 0 radical (unpaired) electrons. The molecule has 1 aromatic carbocycles. The van der Waals surface area contributed by atoms with Crippen LogP contribution in [0.2, 0.25) is 0 Å². The van der Waals surface area contributed by atoms with Crippen LogP contribution in [0.1, 0.15) is 39.3 Å². The highest BCUT2D eigenvalue weighted by molar-refractivity contribution is 5.77. The Morgan fingerprint density at radius 2 is 1.86 bits per heavy atom. The molecule has 21 heavy (non-hydrogen) atoms. The molecule has 1 amide bonds. The smallest absolute Gasteiger partial charge is 0.236 e. The van der Waals surface area contributed by atoms with Crippen LogP contribution >= 0.6 is 0 Å². The SMILES string of the molecule is CCN(C)C(=O)CNC(C)c1ccc(OCC(C)C)cc1. The zero-order chi connectivity index (χ0) is 15.8. The Hall–Kier alpha value is -1.55. The predicted octanol–water partition coefficient (Wildman–Crippen LogP) is 2.85. The number of benzene rings is 1. The second-order valence-corrected chi connectivity index (χ2v) is 5.78. The molecule has 0 aliphatic rings. The van der Waals surface area contributed by atoms with Crippen LogP contribution in [-0.2, 0) is 4.79 Å². The van der Waals surface area contributed by atoms with E-state index in [0.717, 1.165) is 24.5 Å². The molecule has 1 rings (SSSR count). The lowest BCUT2D eigenvalue weighted by Crippen LogP contribution is -2.36.